The van der Waals surface area contributed by atoms with Gasteiger partial charge in [0.25, 0.3) is 5.69 Å². The maximum Gasteiger partial charge on any atom is 0.302 e. The van der Waals surface area contributed by atoms with Crippen LogP contribution in [0.25, 0.3) is 0 Å². The number of aliphatic hydroxyl groups is 1. The number of nitro benzene ring substituents is 2. The summed E-state index contributed by atoms with van der Waals surface area (Å²) < 4.78 is 7.45. The third-order valence-electron chi connectivity index (χ3n) is 4.77. The first kappa shape index (κ1) is 19.7. The summed E-state index contributed by atoms with van der Waals surface area (Å²) in [7, 11) is 0. The van der Waals surface area contributed by atoms with Crippen molar-refractivity contribution < 1.29 is 19.7 Å². The van der Waals surface area contributed by atoms with E-state index in [0.29, 0.717) is 6.54 Å². The van der Waals surface area contributed by atoms with Crippen molar-refractivity contribution in [2.45, 2.75) is 33.1 Å². The summed E-state index contributed by atoms with van der Waals surface area (Å²) >= 11 is 0. The Morgan fingerprint density at radius 1 is 1.32 bits per heavy atom. The average molecular weight is 391 g/mol. The molecule has 3 rings (SSSR count). The third kappa shape index (κ3) is 3.80. The maximum absolute atomic E-state index is 11.7. The second-order valence-corrected chi connectivity index (χ2v) is 6.73. The molecule has 0 spiro atoms. The summed E-state index contributed by atoms with van der Waals surface area (Å²) in [4.78, 5) is 23.7. The molecule has 11 heteroatoms. The second-order valence-electron chi connectivity index (χ2n) is 6.73. The van der Waals surface area contributed by atoms with Crippen molar-refractivity contribution in [3.05, 3.63) is 55.4 Å². The number of anilines is 1. The van der Waals surface area contributed by atoms with Crippen molar-refractivity contribution in [2.24, 2.45) is 0 Å². The van der Waals surface area contributed by atoms with E-state index in [0.717, 1.165) is 5.56 Å². The number of aryl methyl sites for hydroxylation is 1. The van der Waals surface area contributed by atoms with Gasteiger partial charge in [-0.1, -0.05) is 0 Å². The summed E-state index contributed by atoms with van der Waals surface area (Å²) in [5, 5.41) is 37.0. The van der Waals surface area contributed by atoms with Crippen molar-refractivity contribution >= 4 is 17.1 Å². The van der Waals surface area contributed by atoms with Gasteiger partial charge in [0.2, 0.25) is 0 Å². The number of aliphatic hydroxyl groups excluding tert-OH is 1. The van der Waals surface area contributed by atoms with Crippen LogP contribution in [0, 0.1) is 34.1 Å². The lowest BCUT2D eigenvalue weighted by molar-refractivity contribution is -0.393. The van der Waals surface area contributed by atoms with Crippen LogP contribution in [0.15, 0.2) is 18.5 Å². The molecule has 150 valence electrons. The van der Waals surface area contributed by atoms with Gasteiger partial charge in [0.1, 0.15) is 0 Å². The Kier molecular flexibility index (Phi) is 5.56. The lowest BCUT2D eigenvalue weighted by Crippen LogP contribution is -2.45. The SMILES string of the molecule is Cc1cnn(CC2CN(c3c([N+](=O)[O-])cc(CO)c(C)c3[N+](=O)[O-])CCO2)c1. The maximum atomic E-state index is 11.7. The number of rotatable bonds is 6. The van der Waals surface area contributed by atoms with Crippen molar-refractivity contribution in [2.75, 3.05) is 24.6 Å². The van der Waals surface area contributed by atoms with E-state index in [1.165, 1.54) is 13.0 Å². The minimum Gasteiger partial charge on any atom is -0.392 e. The Labute approximate surface area is 160 Å². The van der Waals surface area contributed by atoms with Crippen LogP contribution in [0.3, 0.4) is 0 Å². The molecule has 0 aliphatic carbocycles. The molecule has 1 aliphatic heterocycles. The summed E-state index contributed by atoms with van der Waals surface area (Å²) in [5.41, 5.74) is 0.590. The molecule has 2 aromatic rings. The van der Waals surface area contributed by atoms with Gasteiger partial charge in [-0.05, 0) is 25.0 Å². The molecule has 1 aliphatic rings. The third-order valence-corrected chi connectivity index (χ3v) is 4.77. The van der Waals surface area contributed by atoms with Crippen molar-refractivity contribution in [1.29, 1.82) is 0 Å². The molecule has 28 heavy (non-hydrogen) atoms. The van der Waals surface area contributed by atoms with Crippen LogP contribution in [0.2, 0.25) is 0 Å². The largest absolute Gasteiger partial charge is 0.392 e. The fraction of sp³-hybridized carbons (Fsp3) is 0.471. The molecular formula is C17H21N5O6. The van der Waals surface area contributed by atoms with Crippen molar-refractivity contribution in [3.8, 4) is 0 Å². The molecule has 1 atom stereocenters. The number of nitro groups is 2. The van der Waals surface area contributed by atoms with Crippen LogP contribution < -0.4 is 4.90 Å². The van der Waals surface area contributed by atoms with Crippen LogP contribution >= 0.6 is 0 Å². The fourth-order valence-electron chi connectivity index (χ4n) is 3.44. The molecule has 2 heterocycles. The lowest BCUT2D eigenvalue weighted by atomic mass is 10.0. The number of ether oxygens (including phenoxy) is 1. The Hall–Kier alpha value is -3.05. The highest BCUT2D eigenvalue weighted by Gasteiger charge is 2.36. The van der Waals surface area contributed by atoms with Crippen LogP contribution in [0.5, 0.6) is 0 Å². The molecule has 1 N–H and O–H groups in total. The summed E-state index contributed by atoms with van der Waals surface area (Å²) in [6.07, 6.45) is 3.24. The van der Waals surface area contributed by atoms with E-state index in [2.05, 4.69) is 5.10 Å². The van der Waals surface area contributed by atoms with E-state index < -0.39 is 22.1 Å². The van der Waals surface area contributed by atoms with Gasteiger partial charge in [-0.2, -0.15) is 5.10 Å². The monoisotopic (exact) mass is 391 g/mol. The highest BCUT2D eigenvalue weighted by Crippen LogP contribution is 2.42. The fourth-order valence-corrected chi connectivity index (χ4v) is 3.44. The van der Waals surface area contributed by atoms with Gasteiger partial charge in [0.15, 0.2) is 5.69 Å². The minimum atomic E-state index is -0.651. The summed E-state index contributed by atoms with van der Waals surface area (Å²) in [5.74, 6) is 0. The first-order valence-corrected chi connectivity index (χ1v) is 8.73. The second kappa shape index (κ2) is 7.90. The zero-order valence-corrected chi connectivity index (χ0v) is 15.6. The van der Waals surface area contributed by atoms with E-state index >= 15 is 0 Å². The Balaban J connectivity index is 1.99. The number of nitrogens with zero attached hydrogens (tertiary/aromatic N) is 5. The zero-order valence-electron chi connectivity index (χ0n) is 15.6. The van der Waals surface area contributed by atoms with Crippen LogP contribution in [-0.2, 0) is 17.9 Å². The molecule has 1 unspecified atom stereocenters. The summed E-state index contributed by atoms with van der Waals surface area (Å²) in [6, 6.07) is 1.21. The van der Waals surface area contributed by atoms with E-state index in [9.17, 15) is 25.3 Å². The van der Waals surface area contributed by atoms with Crippen molar-refractivity contribution in [1.82, 2.24) is 9.78 Å². The highest BCUT2D eigenvalue weighted by atomic mass is 16.6. The van der Waals surface area contributed by atoms with Crippen LogP contribution in [-0.4, -0.2) is 50.5 Å². The van der Waals surface area contributed by atoms with Crippen LogP contribution in [0.1, 0.15) is 16.7 Å². The first-order valence-electron chi connectivity index (χ1n) is 8.73. The molecular weight excluding hydrogens is 370 g/mol. The number of hydrogen-bond donors (Lipinski definition) is 1. The molecule has 1 saturated heterocycles. The van der Waals surface area contributed by atoms with Gasteiger partial charge >= 0.3 is 5.69 Å². The molecule has 1 aromatic heterocycles. The van der Waals surface area contributed by atoms with Gasteiger partial charge in [-0.15, -0.1) is 0 Å². The Bertz CT molecular complexity index is 912. The van der Waals surface area contributed by atoms with E-state index in [1.54, 1.807) is 15.8 Å². The van der Waals surface area contributed by atoms with Gasteiger partial charge in [-0.25, -0.2) is 0 Å². The molecule has 0 saturated carbocycles. The molecule has 0 bridgehead atoms. The molecule has 0 radical (unpaired) electrons. The quantitative estimate of drug-likeness (QED) is 0.580. The predicted molar refractivity (Wildman–Crippen MR) is 99.3 cm³/mol. The molecule has 0 amide bonds. The molecule has 11 nitrogen and oxygen atoms in total. The first-order chi connectivity index (χ1) is 13.3. The van der Waals surface area contributed by atoms with E-state index in [-0.39, 0.29) is 48.3 Å². The topological polar surface area (TPSA) is 137 Å². The normalized spacial score (nSPS) is 17.0. The summed E-state index contributed by atoms with van der Waals surface area (Å²) in [6.45, 7) is 4.13. The highest BCUT2D eigenvalue weighted by molar-refractivity contribution is 5.79. The minimum absolute atomic E-state index is 0.0466. The average Bonchev–Trinajstić information content (AvgIpc) is 3.05. The Morgan fingerprint density at radius 2 is 2.07 bits per heavy atom. The molecule has 1 fully saturated rings. The van der Waals surface area contributed by atoms with Gasteiger partial charge < -0.3 is 14.7 Å². The van der Waals surface area contributed by atoms with Gasteiger partial charge in [-0.3, -0.25) is 24.9 Å². The number of aromatic nitrogens is 2. The van der Waals surface area contributed by atoms with E-state index in [4.69, 9.17) is 4.74 Å². The number of benzene rings is 1. The predicted octanol–water partition coefficient (Wildman–Crippen LogP) is 1.71. The number of hydrogen-bond acceptors (Lipinski definition) is 8. The van der Waals surface area contributed by atoms with Crippen molar-refractivity contribution in [3.63, 3.8) is 0 Å². The standard InChI is InChI=1S/C17H21N5O6/c1-11-6-18-20(7-11)9-14-8-19(3-4-28-14)17-15(21(24)25)5-13(10-23)12(2)16(17)22(26)27/h5-7,14,23H,3-4,8-10H2,1-2H3. The van der Waals surface area contributed by atoms with E-state index in [1.807, 2.05) is 13.1 Å². The molecule has 1 aromatic carbocycles. The Morgan fingerprint density at radius 3 is 2.64 bits per heavy atom. The lowest BCUT2D eigenvalue weighted by Gasteiger charge is -2.34. The zero-order chi connectivity index (χ0) is 20.4. The van der Waals surface area contributed by atoms with Crippen LogP contribution in [0.4, 0.5) is 17.1 Å². The van der Waals surface area contributed by atoms with Gasteiger partial charge in [0, 0.05) is 30.9 Å². The smallest absolute Gasteiger partial charge is 0.302 e. The van der Waals surface area contributed by atoms with Gasteiger partial charge in [0.05, 0.1) is 41.9 Å². The number of morpholine rings is 1.